The molecule has 6 nitrogen and oxygen atoms in total. The number of aromatic nitrogens is 3. The molecule has 0 aliphatic carbocycles. The average Bonchev–Trinajstić information content (AvgIpc) is 3.25. The van der Waals surface area contributed by atoms with E-state index in [2.05, 4.69) is 15.4 Å². The van der Waals surface area contributed by atoms with Gasteiger partial charge in [-0.1, -0.05) is 6.07 Å². The summed E-state index contributed by atoms with van der Waals surface area (Å²) >= 11 is 2.78. The fourth-order valence-corrected chi connectivity index (χ4v) is 3.56. The van der Waals surface area contributed by atoms with E-state index >= 15 is 0 Å². The van der Waals surface area contributed by atoms with E-state index in [1.807, 2.05) is 24.6 Å². The number of aryl methyl sites for hydroxylation is 1. The number of hydrogen-bond acceptors (Lipinski definition) is 6. The van der Waals surface area contributed by atoms with Gasteiger partial charge in [-0.15, -0.1) is 16.4 Å². The van der Waals surface area contributed by atoms with Gasteiger partial charge < -0.3 is 10.1 Å². The van der Waals surface area contributed by atoms with Gasteiger partial charge in [-0.2, -0.15) is 0 Å². The van der Waals surface area contributed by atoms with Gasteiger partial charge in [0.05, 0.1) is 16.8 Å². The Labute approximate surface area is 145 Å². The van der Waals surface area contributed by atoms with Gasteiger partial charge in [-0.05, 0) is 54.0 Å². The van der Waals surface area contributed by atoms with Crippen LogP contribution in [0, 0.1) is 6.92 Å². The van der Waals surface area contributed by atoms with Crippen LogP contribution < -0.4 is 10.1 Å². The smallest absolute Gasteiger partial charge is 0.299 e. The molecule has 1 amide bonds. The summed E-state index contributed by atoms with van der Waals surface area (Å²) in [6.07, 6.45) is 1.85. The number of carbonyl (C=O) groups is 1. The zero-order chi connectivity index (χ0) is 16.5. The van der Waals surface area contributed by atoms with Gasteiger partial charge in [0.25, 0.3) is 11.1 Å². The van der Waals surface area contributed by atoms with Gasteiger partial charge in [0.1, 0.15) is 5.75 Å². The lowest BCUT2D eigenvalue weighted by Gasteiger charge is -2.05. The molecule has 24 heavy (non-hydrogen) atoms. The number of nitrogens with one attached hydrogen (secondary N) is 1. The molecule has 1 aromatic carbocycles. The molecule has 0 spiro atoms. The van der Waals surface area contributed by atoms with E-state index in [4.69, 9.17) is 4.74 Å². The second-order valence-corrected chi connectivity index (χ2v) is 6.90. The fraction of sp³-hybridized carbons (Fsp3) is 0.0625. The summed E-state index contributed by atoms with van der Waals surface area (Å²) in [7, 11) is 0. The number of fused-ring (bicyclic) bond motifs is 1. The molecule has 0 fully saturated rings. The van der Waals surface area contributed by atoms with Crippen molar-refractivity contribution in [3.8, 4) is 10.9 Å². The highest BCUT2D eigenvalue weighted by atomic mass is 32.1. The number of nitrogens with zero attached hydrogens (tertiary/aromatic N) is 3. The quantitative estimate of drug-likeness (QED) is 0.595. The Bertz CT molecular complexity index is 956. The lowest BCUT2D eigenvalue weighted by Crippen LogP contribution is -2.09. The lowest BCUT2D eigenvalue weighted by molar-refractivity contribution is 0.103. The summed E-state index contributed by atoms with van der Waals surface area (Å²) in [5.74, 6) is 0.535. The molecule has 3 aromatic heterocycles. The van der Waals surface area contributed by atoms with Crippen molar-refractivity contribution in [1.29, 1.82) is 0 Å². The number of amides is 1. The van der Waals surface area contributed by atoms with E-state index in [1.54, 1.807) is 34.8 Å². The van der Waals surface area contributed by atoms with Crippen molar-refractivity contribution in [3.63, 3.8) is 0 Å². The standard InChI is InChI=1S/C16H12N4O2S2/c1-10-9-20-15(17-10)24-16(19-20)22-12-6-4-11(5-7-12)18-14(21)13-3-2-8-23-13/h2-9H,1H3,(H,18,21). The van der Waals surface area contributed by atoms with Gasteiger partial charge >= 0.3 is 0 Å². The normalized spacial score (nSPS) is 10.9. The van der Waals surface area contributed by atoms with Crippen molar-refractivity contribution in [1.82, 2.24) is 14.6 Å². The Morgan fingerprint density at radius 1 is 1.25 bits per heavy atom. The van der Waals surface area contributed by atoms with Gasteiger partial charge in [0.2, 0.25) is 4.96 Å². The minimum absolute atomic E-state index is 0.116. The molecule has 0 radical (unpaired) electrons. The topological polar surface area (TPSA) is 68.5 Å². The third-order valence-electron chi connectivity index (χ3n) is 3.21. The fourth-order valence-electron chi connectivity index (χ4n) is 2.14. The first-order valence-corrected chi connectivity index (χ1v) is 8.82. The third-order valence-corrected chi connectivity index (χ3v) is 4.88. The molecule has 0 saturated carbocycles. The highest BCUT2D eigenvalue weighted by Crippen LogP contribution is 2.27. The average molecular weight is 356 g/mol. The second-order valence-electron chi connectivity index (χ2n) is 5.04. The number of hydrogen-bond donors (Lipinski definition) is 1. The molecule has 0 aliphatic rings. The molecule has 0 saturated heterocycles. The van der Waals surface area contributed by atoms with Crippen LogP contribution in [-0.4, -0.2) is 20.5 Å². The monoisotopic (exact) mass is 356 g/mol. The summed E-state index contributed by atoms with van der Waals surface area (Å²) in [6.45, 7) is 1.92. The maximum Gasteiger partial charge on any atom is 0.299 e. The molecule has 3 heterocycles. The highest BCUT2D eigenvalue weighted by Gasteiger charge is 2.09. The molecule has 0 atom stereocenters. The van der Waals surface area contributed by atoms with E-state index in [0.717, 1.165) is 10.7 Å². The minimum atomic E-state index is -0.116. The first-order chi connectivity index (χ1) is 11.7. The van der Waals surface area contributed by atoms with Crippen LogP contribution in [-0.2, 0) is 0 Å². The van der Waals surface area contributed by atoms with Crippen LogP contribution in [0.5, 0.6) is 10.9 Å². The summed E-state index contributed by atoms with van der Waals surface area (Å²) in [4.78, 5) is 17.8. The largest absolute Gasteiger partial charge is 0.430 e. The number of thiophene rings is 1. The van der Waals surface area contributed by atoms with Crippen LogP contribution in [0.3, 0.4) is 0 Å². The number of imidazole rings is 1. The molecule has 8 heteroatoms. The van der Waals surface area contributed by atoms with Crippen LogP contribution >= 0.6 is 22.7 Å². The van der Waals surface area contributed by atoms with Gasteiger partial charge in [-0.25, -0.2) is 9.50 Å². The molecule has 120 valence electrons. The molecule has 4 rings (SSSR count). The third kappa shape index (κ3) is 3.01. The van der Waals surface area contributed by atoms with Gasteiger partial charge in [-0.3, -0.25) is 4.79 Å². The molecule has 1 N–H and O–H groups in total. The predicted molar refractivity (Wildman–Crippen MR) is 94.4 cm³/mol. The molecular formula is C16H12N4O2S2. The first-order valence-electron chi connectivity index (χ1n) is 7.13. The Morgan fingerprint density at radius 3 is 2.79 bits per heavy atom. The number of ether oxygens (including phenoxy) is 1. The van der Waals surface area contributed by atoms with Crippen molar-refractivity contribution in [2.45, 2.75) is 6.92 Å². The van der Waals surface area contributed by atoms with Crippen molar-refractivity contribution < 1.29 is 9.53 Å². The number of carbonyl (C=O) groups excluding carboxylic acids is 1. The van der Waals surface area contributed by atoms with Crippen LogP contribution in [0.25, 0.3) is 4.96 Å². The summed E-state index contributed by atoms with van der Waals surface area (Å²) in [5.41, 5.74) is 1.64. The van der Waals surface area contributed by atoms with Crippen molar-refractivity contribution in [2.24, 2.45) is 0 Å². The number of benzene rings is 1. The van der Waals surface area contributed by atoms with E-state index < -0.39 is 0 Å². The molecule has 0 bridgehead atoms. The summed E-state index contributed by atoms with van der Waals surface area (Å²) < 4.78 is 7.43. The second kappa shape index (κ2) is 6.06. The van der Waals surface area contributed by atoms with Crippen molar-refractivity contribution in [3.05, 3.63) is 58.5 Å². The van der Waals surface area contributed by atoms with Gasteiger partial charge in [0, 0.05) is 5.69 Å². The van der Waals surface area contributed by atoms with E-state index in [9.17, 15) is 4.79 Å². The van der Waals surface area contributed by atoms with Crippen molar-refractivity contribution in [2.75, 3.05) is 5.32 Å². The summed E-state index contributed by atoms with van der Waals surface area (Å²) in [5, 5.41) is 9.56. The zero-order valence-electron chi connectivity index (χ0n) is 12.6. The lowest BCUT2D eigenvalue weighted by atomic mass is 10.3. The predicted octanol–water partition coefficient (Wildman–Crippen LogP) is 4.21. The van der Waals surface area contributed by atoms with Crippen LogP contribution in [0.1, 0.15) is 15.4 Å². The maximum absolute atomic E-state index is 12.0. The number of rotatable bonds is 4. The Balaban J connectivity index is 1.45. The van der Waals surface area contributed by atoms with Crippen LogP contribution in [0.4, 0.5) is 5.69 Å². The first kappa shape index (κ1) is 14.9. The van der Waals surface area contributed by atoms with Crippen molar-refractivity contribution >= 4 is 39.2 Å². The van der Waals surface area contributed by atoms with E-state index in [-0.39, 0.29) is 5.91 Å². The maximum atomic E-state index is 12.0. The minimum Gasteiger partial charge on any atom is -0.430 e. The molecular weight excluding hydrogens is 344 g/mol. The molecule has 4 aromatic rings. The number of anilines is 1. The Morgan fingerprint density at radius 2 is 2.08 bits per heavy atom. The SMILES string of the molecule is Cc1cn2nc(Oc3ccc(NC(=O)c4cccs4)cc3)sc2n1. The summed E-state index contributed by atoms with van der Waals surface area (Å²) in [6, 6.07) is 10.8. The van der Waals surface area contributed by atoms with Crippen LogP contribution in [0.2, 0.25) is 0 Å². The van der Waals surface area contributed by atoms with Crippen LogP contribution in [0.15, 0.2) is 48.0 Å². The molecule has 0 unspecified atom stereocenters. The Kier molecular flexibility index (Phi) is 3.75. The van der Waals surface area contributed by atoms with E-state index in [0.29, 0.717) is 21.5 Å². The molecule has 0 aliphatic heterocycles. The highest BCUT2D eigenvalue weighted by molar-refractivity contribution is 7.18. The zero-order valence-corrected chi connectivity index (χ0v) is 14.2. The van der Waals surface area contributed by atoms with Gasteiger partial charge in [0.15, 0.2) is 0 Å². The Hall–Kier alpha value is -2.71. The van der Waals surface area contributed by atoms with E-state index in [1.165, 1.54) is 22.7 Å².